The van der Waals surface area contributed by atoms with E-state index in [0.717, 1.165) is 87.6 Å². The van der Waals surface area contributed by atoms with Crippen LogP contribution in [0.25, 0.3) is 10.2 Å². The maximum absolute atomic E-state index is 12.9. The van der Waals surface area contributed by atoms with E-state index in [1.165, 1.54) is 6.33 Å². The minimum atomic E-state index is -4.23. The zero-order valence-electron chi connectivity index (χ0n) is 20.7. The summed E-state index contributed by atoms with van der Waals surface area (Å²) in [6.45, 7) is 9.76. The van der Waals surface area contributed by atoms with Crippen LogP contribution in [0.2, 0.25) is 0 Å². The van der Waals surface area contributed by atoms with Gasteiger partial charge in [-0.05, 0) is 43.7 Å². The van der Waals surface area contributed by atoms with Crippen LogP contribution in [0, 0.1) is 17.8 Å². The predicted octanol–water partition coefficient (Wildman–Crippen LogP) is 3.83. The topological polar surface area (TPSA) is 61.8 Å². The summed E-state index contributed by atoms with van der Waals surface area (Å²) in [5.74, 6) is 2.17. The Labute approximate surface area is 213 Å². The van der Waals surface area contributed by atoms with Crippen molar-refractivity contribution in [3.63, 3.8) is 0 Å². The number of alkyl halides is 3. The summed E-state index contributed by atoms with van der Waals surface area (Å²) in [6.07, 6.45) is -0.559. The average molecular weight is 526 g/mol. The van der Waals surface area contributed by atoms with Crippen LogP contribution in [0.5, 0.6) is 0 Å². The molecule has 5 heterocycles. The molecule has 1 amide bonds. The molecule has 0 radical (unpaired) electrons. The Hall–Kier alpha value is -1.98. The van der Waals surface area contributed by atoms with E-state index in [4.69, 9.17) is 4.74 Å². The first-order valence-electron chi connectivity index (χ1n) is 12.9. The molecule has 0 aromatic carbocycles. The Morgan fingerprint density at radius 3 is 2.53 bits per heavy atom. The lowest BCUT2D eigenvalue weighted by atomic mass is 9.94. The van der Waals surface area contributed by atoms with Crippen molar-refractivity contribution in [3.05, 3.63) is 17.3 Å². The predicted molar refractivity (Wildman–Crippen MR) is 133 cm³/mol. The van der Waals surface area contributed by atoms with Gasteiger partial charge in [-0.2, -0.15) is 13.2 Å². The van der Waals surface area contributed by atoms with Gasteiger partial charge in [-0.25, -0.2) is 9.97 Å². The number of halogens is 3. The highest BCUT2D eigenvalue weighted by Gasteiger charge is 2.34. The molecule has 1 atom stereocenters. The summed E-state index contributed by atoms with van der Waals surface area (Å²) in [5, 5.41) is 0.726. The number of piperidine rings is 1. The van der Waals surface area contributed by atoms with Gasteiger partial charge >= 0.3 is 6.18 Å². The van der Waals surface area contributed by atoms with Gasteiger partial charge in [0.2, 0.25) is 5.91 Å². The van der Waals surface area contributed by atoms with E-state index in [1.807, 2.05) is 4.90 Å². The number of carbonyl (C=O) groups is 1. The van der Waals surface area contributed by atoms with Crippen molar-refractivity contribution in [1.82, 2.24) is 19.8 Å². The standard InChI is InChI=1S/C25H34F3N5O2S/c1-2-31(11-17-3-6-32(7-4-17)24(34)19-14-35-15-19)12-18-5-8-33(13-18)22-21-9-20(10-25(26,27)28)36-23(21)30-16-29-22/h9,16-19H,2-8,10-15H2,1H3/t18-/m0/s1. The van der Waals surface area contributed by atoms with Crippen LogP contribution in [0.1, 0.15) is 31.1 Å². The molecule has 0 spiro atoms. The molecule has 0 unspecified atom stereocenters. The summed E-state index contributed by atoms with van der Waals surface area (Å²) < 4.78 is 43.8. The molecule has 2 aromatic rings. The number of likely N-dealkylation sites (tertiary alicyclic amines) is 1. The fourth-order valence-electron chi connectivity index (χ4n) is 5.64. The average Bonchev–Trinajstić information content (AvgIpc) is 3.42. The molecule has 3 fully saturated rings. The summed E-state index contributed by atoms with van der Waals surface area (Å²) in [6, 6.07) is 1.61. The number of ether oxygens (including phenoxy) is 1. The monoisotopic (exact) mass is 525 g/mol. The zero-order chi connectivity index (χ0) is 25.3. The third-order valence-corrected chi connectivity index (χ3v) is 8.76. The number of aromatic nitrogens is 2. The van der Waals surface area contributed by atoms with E-state index < -0.39 is 12.6 Å². The Morgan fingerprint density at radius 1 is 1.14 bits per heavy atom. The van der Waals surface area contributed by atoms with Crippen molar-refractivity contribution in [2.45, 2.75) is 38.8 Å². The van der Waals surface area contributed by atoms with Crippen molar-refractivity contribution in [3.8, 4) is 0 Å². The number of hydrogen-bond donors (Lipinski definition) is 0. The Bertz CT molecular complexity index is 1050. The highest BCUT2D eigenvalue weighted by Crippen LogP contribution is 2.35. The lowest BCUT2D eigenvalue weighted by Crippen LogP contribution is -2.48. The van der Waals surface area contributed by atoms with Gasteiger partial charge in [0.05, 0.1) is 30.9 Å². The zero-order valence-corrected chi connectivity index (χ0v) is 21.5. The fourth-order valence-corrected chi connectivity index (χ4v) is 6.66. The number of rotatable bonds is 8. The van der Waals surface area contributed by atoms with E-state index in [9.17, 15) is 18.0 Å². The smallest absolute Gasteiger partial charge is 0.380 e. The largest absolute Gasteiger partial charge is 0.393 e. The number of carbonyl (C=O) groups excluding carboxylic acids is 1. The summed E-state index contributed by atoms with van der Waals surface area (Å²) in [7, 11) is 0. The lowest BCUT2D eigenvalue weighted by molar-refractivity contribution is -0.151. The first-order valence-corrected chi connectivity index (χ1v) is 13.7. The van der Waals surface area contributed by atoms with Crippen LogP contribution in [0.3, 0.4) is 0 Å². The second-order valence-electron chi connectivity index (χ2n) is 10.4. The molecule has 0 N–H and O–H groups in total. The van der Waals surface area contributed by atoms with Crippen LogP contribution >= 0.6 is 11.3 Å². The second kappa shape index (κ2) is 10.8. The van der Waals surface area contributed by atoms with Gasteiger partial charge in [-0.1, -0.05) is 6.92 Å². The van der Waals surface area contributed by atoms with Gasteiger partial charge in [0.25, 0.3) is 0 Å². The van der Waals surface area contributed by atoms with Gasteiger partial charge in [-0.15, -0.1) is 11.3 Å². The van der Waals surface area contributed by atoms with Gasteiger partial charge in [0.15, 0.2) is 0 Å². The molecular formula is C25H34F3N5O2S. The van der Waals surface area contributed by atoms with Crippen LogP contribution < -0.4 is 4.90 Å². The highest BCUT2D eigenvalue weighted by molar-refractivity contribution is 7.18. The van der Waals surface area contributed by atoms with Crippen molar-refractivity contribution in [1.29, 1.82) is 0 Å². The normalized spacial score (nSPS) is 22.1. The number of thiophene rings is 1. The fraction of sp³-hybridized carbons (Fsp3) is 0.720. The molecule has 36 heavy (non-hydrogen) atoms. The van der Waals surface area contributed by atoms with Gasteiger partial charge in [0, 0.05) is 44.1 Å². The molecule has 11 heteroatoms. The van der Waals surface area contributed by atoms with Crippen LogP contribution in [-0.2, 0) is 16.0 Å². The van der Waals surface area contributed by atoms with Crippen molar-refractivity contribution < 1.29 is 22.7 Å². The van der Waals surface area contributed by atoms with Crippen LogP contribution in [-0.4, -0.2) is 90.9 Å². The van der Waals surface area contributed by atoms with Crippen molar-refractivity contribution in [2.75, 3.05) is 63.9 Å². The molecule has 198 valence electrons. The minimum absolute atomic E-state index is 0.0698. The van der Waals surface area contributed by atoms with Gasteiger partial charge < -0.3 is 19.4 Å². The molecule has 2 aromatic heterocycles. The summed E-state index contributed by atoms with van der Waals surface area (Å²) in [5.41, 5.74) is 0. The molecular weight excluding hydrogens is 491 g/mol. The van der Waals surface area contributed by atoms with E-state index in [1.54, 1.807) is 6.07 Å². The highest BCUT2D eigenvalue weighted by atomic mass is 32.1. The van der Waals surface area contributed by atoms with Gasteiger partial charge in [0.1, 0.15) is 17.0 Å². The van der Waals surface area contributed by atoms with E-state index in [2.05, 4.69) is 26.7 Å². The Kier molecular flexibility index (Phi) is 7.69. The van der Waals surface area contributed by atoms with Gasteiger partial charge in [-0.3, -0.25) is 4.79 Å². The SMILES string of the molecule is CCN(CC1CCN(C(=O)C2COC2)CC1)C[C@@H]1CCN(c2ncnc3sc(CC(F)(F)F)cc23)C1. The third-order valence-electron chi connectivity index (χ3n) is 7.71. The summed E-state index contributed by atoms with van der Waals surface area (Å²) >= 11 is 1.10. The van der Waals surface area contributed by atoms with E-state index in [0.29, 0.717) is 29.9 Å². The van der Waals surface area contributed by atoms with E-state index >= 15 is 0 Å². The Balaban J connectivity index is 1.14. The molecule has 0 aliphatic carbocycles. The molecule has 5 rings (SSSR count). The lowest BCUT2D eigenvalue weighted by Gasteiger charge is -2.38. The van der Waals surface area contributed by atoms with Crippen LogP contribution in [0.15, 0.2) is 12.4 Å². The first kappa shape index (κ1) is 25.7. The van der Waals surface area contributed by atoms with E-state index in [-0.39, 0.29) is 16.7 Å². The molecule has 3 aliphatic heterocycles. The van der Waals surface area contributed by atoms with Crippen LogP contribution in [0.4, 0.5) is 19.0 Å². The second-order valence-corrected chi connectivity index (χ2v) is 11.5. The third kappa shape index (κ3) is 5.94. The Morgan fingerprint density at radius 2 is 1.86 bits per heavy atom. The first-order chi connectivity index (χ1) is 17.3. The van der Waals surface area contributed by atoms with Crippen molar-refractivity contribution in [2.24, 2.45) is 17.8 Å². The molecule has 0 bridgehead atoms. The number of amides is 1. The number of anilines is 1. The number of hydrogen-bond acceptors (Lipinski definition) is 7. The maximum Gasteiger partial charge on any atom is 0.393 e. The molecule has 3 saturated heterocycles. The maximum atomic E-state index is 12.9. The summed E-state index contributed by atoms with van der Waals surface area (Å²) in [4.78, 5) is 28.8. The quantitative estimate of drug-likeness (QED) is 0.522. The molecule has 7 nitrogen and oxygen atoms in total. The number of fused-ring (bicyclic) bond motifs is 1. The number of nitrogens with zero attached hydrogens (tertiary/aromatic N) is 5. The molecule has 0 saturated carbocycles. The minimum Gasteiger partial charge on any atom is -0.380 e. The van der Waals surface area contributed by atoms with Crippen molar-refractivity contribution >= 4 is 33.3 Å². The molecule has 3 aliphatic rings.